The Labute approximate surface area is 109 Å². The van der Waals surface area contributed by atoms with Gasteiger partial charge in [0.25, 0.3) is 0 Å². The maximum Gasteiger partial charge on any atom is 0.240 e. The summed E-state index contributed by atoms with van der Waals surface area (Å²) in [5.41, 5.74) is 6.40. The summed E-state index contributed by atoms with van der Waals surface area (Å²) in [6, 6.07) is 6.95. The van der Waals surface area contributed by atoms with Crippen molar-refractivity contribution in [2.24, 2.45) is 5.73 Å². The summed E-state index contributed by atoms with van der Waals surface area (Å²) >= 11 is 0. The second-order valence-electron chi connectivity index (χ2n) is 3.58. The normalized spacial score (nSPS) is 10.9. The molecule has 1 rings (SSSR count). The van der Waals surface area contributed by atoms with Gasteiger partial charge in [-0.2, -0.15) is 0 Å². The van der Waals surface area contributed by atoms with E-state index in [1.165, 1.54) is 0 Å². The Bertz CT molecular complexity index is 418. The first-order valence-corrected chi connectivity index (χ1v) is 6.87. The number of sulfonamides is 1. The Balaban J connectivity index is 0.00000256. The number of aryl methyl sites for hydroxylation is 1. The Morgan fingerprint density at radius 1 is 1.24 bits per heavy atom. The summed E-state index contributed by atoms with van der Waals surface area (Å²) < 4.78 is 25.8. The lowest BCUT2D eigenvalue weighted by atomic mass is 10.1. The molecule has 6 heteroatoms. The summed E-state index contributed by atoms with van der Waals surface area (Å²) in [6.45, 7) is 2.65. The molecule has 0 radical (unpaired) electrons. The molecule has 0 aliphatic heterocycles. The summed E-state index contributed by atoms with van der Waals surface area (Å²) in [6.07, 6.45) is 2.02. The second-order valence-corrected chi connectivity index (χ2v) is 5.35. The van der Waals surface area contributed by atoms with Crippen LogP contribution in [-0.2, 0) is 16.4 Å². The molecule has 0 fully saturated rings. The largest absolute Gasteiger partial charge is 0.329 e. The van der Waals surface area contributed by atoms with E-state index >= 15 is 0 Å². The molecule has 3 N–H and O–H groups in total. The zero-order valence-corrected chi connectivity index (χ0v) is 11.5. The average molecular weight is 279 g/mol. The number of nitrogens with two attached hydrogens (primary N) is 1. The lowest BCUT2D eigenvalue weighted by Crippen LogP contribution is -2.29. The third-order valence-corrected chi connectivity index (χ3v) is 3.69. The summed E-state index contributed by atoms with van der Waals surface area (Å²) in [7, 11) is -3.38. The van der Waals surface area contributed by atoms with Crippen LogP contribution >= 0.6 is 12.4 Å². The van der Waals surface area contributed by atoms with E-state index in [0.717, 1.165) is 18.4 Å². The first-order chi connectivity index (χ1) is 7.60. The van der Waals surface area contributed by atoms with Crippen LogP contribution in [0.15, 0.2) is 29.2 Å². The van der Waals surface area contributed by atoms with Gasteiger partial charge in [0.15, 0.2) is 0 Å². The first-order valence-electron chi connectivity index (χ1n) is 5.39. The van der Waals surface area contributed by atoms with Crippen molar-refractivity contribution in [1.29, 1.82) is 0 Å². The fourth-order valence-corrected chi connectivity index (χ4v) is 2.45. The minimum Gasteiger partial charge on any atom is -0.329 e. The maximum atomic E-state index is 11.7. The van der Waals surface area contributed by atoms with Crippen molar-refractivity contribution in [3.8, 4) is 0 Å². The van der Waals surface area contributed by atoms with Crippen molar-refractivity contribution >= 4 is 22.4 Å². The fourth-order valence-electron chi connectivity index (χ4n) is 1.40. The Morgan fingerprint density at radius 3 is 2.29 bits per heavy atom. The topological polar surface area (TPSA) is 72.2 Å². The molecule has 1 aromatic carbocycles. The van der Waals surface area contributed by atoms with Crippen LogP contribution < -0.4 is 10.5 Å². The highest BCUT2D eigenvalue weighted by Crippen LogP contribution is 2.11. The summed E-state index contributed by atoms with van der Waals surface area (Å²) in [4.78, 5) is 0.292. The smallest absolute Gasteiger partial charge is 0.240 e. The van der Waals surface area contributed by atoms with Gasteiger partial charge >= 0.3 is 0 Å². The molecule has 0 bridgehead atoms. The minimum absolute atomic E-state index is 0. The Kier molecular flexibility index (Phi) is 7.38. The highest BCUT2D eigenvalue weighted by molar-refractivity contribution is 7.89. The predicted octanol–water partition coefficient (Wildman–Crippen LogP) is 1.30. The SMILES string of the molecule is CCCc1ccc(S(=O)(=O)NCCN)cc1.Cl. The third-order valence-electron chi connectivity index (χ3n) is 2.21. The van der Waals surface area contributed by atoms with Gasteiger partial charge in [0, 0.05) is 13.1 Å². The van der Waals surface area contributed by atoms with E-state index in [-0.39, 0.29) is 19.0 Å². The van der Waals surface area contributed by atoms with Crippen molar-refractivity contribution in [3.63, 3.8) is 0 Å². The average Bonchev–Trinajstić information content (AvgIpc) is 2.28. The Morgan fingerprint density at radius 2 is 1.82 bits per heavy atom. The van der Waals surface area contributed by atoms with E-state index in [1.54, 1.807) is 12.1 Å². The maximum absolute atomic E-state index is 11.7. The molecule has 0 atom stereocenters. The van der Waals surface area contributed by atoms with Gasteiger partial charge in [-0.05, 0) is 24.1 Å². The van der Waals surface area contributed by atoms with E-state index < -0.39 is 10.0 Å². The zero-order chi connectivity index (χ0) is 12.0. The van der Waals surface area contributed by atoms with E-state index in [1.807, 2.05) is 12.1 Å². The van der Waals surface area contributed by atoms with Crippen LogP contribution in [0, 0.1) is 0 Å². The lowest BCUT2D eigenvalue weighted by Gasteiger charge is -2.06. The van der Waals surface area contributed by atoms with Crippen LogP contribution in [0.5, 0.6) is 0 Å². The van der Waals surface area contributed by atoms with E-state index in [9.17, 15) is 8.42 Å². The van der Waals surface area contributed by atoms with Gasteiger partial charge in [-0.1, -0.05) is 25.5 Å². The first kappa shape index (κ1) is 16.4. The zero-order valence-electron chi connectivity index (χ0n) is 9.85. The minimum atomic E-state index is -3.38. The van der Waals surface area contributed by atoms with Crippen molar-refractivity contribution in [1.82, 2.24) is 4.72 Å². The van der Waals surface area contributed by atoms with Gasteiger partial charge in [0.05, 0.1) is 4.90 Å². The quantitative estimate of drug-likeness (QED) is 0.824. The van der Waals surface area contributed by atoms with Crippen LogP contribution in [0.3, 0.4) is 0 Å². The molecule has 0 aromatic heterocycles. The molecular formula is C11H19ClN2O2S. The molecule has 0 aliphatic rings. The van der Waals surface area contributed by atoms with Crippen molar-refractivity contribution in [2.75, 3.05) is 13.1 Å². The van der Waals surface area contributed by atoms with Crippen LogP contribution in [0.2, 0.25) is 0 Å². The van der Waals surface area contributed by atoms with Crippen LogP contribution in [0.4, 0.5) is 0 Å². The van der Waals surface area contributed by atoms with Crippen LogP contribution in [0.25, 0.3) is 0 Å². The number of halogens is 1. The van der Waals surface area contributed by atoms with Crippen molar-refractivity contribution in [2.45, 2.75) is 24.7 Å². The van der Waals surface area contributed by atoms with Gasteiger partial charge in [0.1, 0.15) is 0 Å². The number of hydrogen-bond donors (Lipinski definition) is 2. The monoisotopic (exact) mass is 278 g/mol. The Hall–Kier alpha value is -0.620. The van der Waals surface area contributed by atoms with E-state index in [0.29, 0.717) is 11.4 Å². The highest BCUT2D eigenvalue weighted by atomic mass is 35.5. The molecule has 0 unspecified atom stereocenters. The molecule has 0 heterocycles. The fraction of sp³-hybridized carbons (Fsp3) is 0.455. The van der Waals surface area contributed by atoms with Crippen molar-refractivity contribution < 1.29 is 8.42 Å². The second kappa shape index (κ2) is 7.66. The van der Waals surface area contributed by atoms with Crippen LogP contribution in [-0.4, -0.2) is 21.5 Å². The van der Waals surface area contributed by atoms with E-state index in [4.69, 9.17) is 5.73 Å². The summed E-state index contributed by atoms with van der Waals surface area (Å²) in [5.74, 6) is 0. The van der Waals surface area contributed by atoms with Gasteiger partial charge < -0.3 is 5.73 Å². The number of benzene rings is 1. The predicted molar refractivity (Wildman–Crippen MR) is 71.9 cm³/mol. The number of nitrogens with one attached hydrogen (secondary N) is 1. The van der Waals surface area contributed by atoms with Gasteiger partial charge in [0.2, 0.25) is 10.0 Å². The molecule has 0 spiro atoms. The number of rotatable bonds is 6. The standard InChI is InChI=1S/C11H18N2O2S.ClH/c1-2-3-10-4-6-11(7-5-10)16(14,15)13-9-8-12;/h4-7,13H,2-3,8-9,12H2,1H3;1H. The van der Waals surface area contributed by atoms with E-state index in [2.05, 4.69) is 11.6 Å². The molecule has 17 heavy (non-hydrogen) atoms. The molecule has 4 nitrogen and oxygen atoms in total. The molecule has 0 saturated heterocycles. The number of hydrogen-bond acceptors (Lipinski definition) is 3. The van der Waals surface area contributed by atoms with Gasteiger partial charge in [-0.15, -0.1) is 12.4 Å². The molecule has 0 amide bonds. The molecular weight excluding hydrogens is 260 g/mol. The van der Waals surface area contributed by atoms with Crippen LogP contribution in [0.1, 0.15) is 18.9 Å². The molecule has 1 aromatic rings. The molecule has 98 valence electrons. The van der Waals surface area contributed by atoms with Gasteiger partial charge in [-0.25, -0.2) is 13.1 Å². The molecule has 0 saturated carbocycles. The highest BCUT2D eigenvalue weighted by Gasteiger charge is 2.12. The van der Waals surface area contributed by atoms with Gasteiger partial charge in [-0.3, -0.25) is 0 Å². The lowest BCUT2D eigenvalue weighted by molar-refractivity contribution is 0.582. The molecule has 0 aliphatic carbocycles. The van der Waals surface area contributed by atoms with Crippen molar-refractivity contribution in [3.05, 3.63) is 29.8 Å². The third kappa shape index (κ3) is 5.04. The summed E-state index contributed by atoms with van der Waals surface area (Å²) in [5, 5.41) is 0.